The van der Waals surface area contributed by atoms with Crippen molar-refractivity contribution in [1.82, 2.24) is 14.9 Å². The van der Waals surface area contributed by atoms with Gasteiger partial charge in [-0.15, -0.1) is 0 Å². The Morgan fingerprint density at radius 3 is 2.43 bits per heavy atom. The Hall–Kier alpha value is -3.71. The Bertz CT molecular complexity index is 1320. The lowest BCUT2D eigenvalue weighted by Gasteiger charge is -2.36. The average molecular weight is 491 g/mol. The molecule has 0 bridgehead atoms. The van der Waals surface area contributed by atoms with Crippen LogP contribution in [0.3, 0.4) is 0 Å². The lowest BCUT2D eigenvalue weighted by molar-refractivity contribution is 0.0714. The van der Waals surface area contributed by atoms with Crippen molar-refractivity contribution in [3.05, 3.63) is 100 Å². The molecule has 0 atom stereocenters. The molecular formula is C27H24ClFN4O2. The van der Waals surface area contributed by atoms with Crippen molar-refractivity contribution >= 4 is 23.3 Å². The number of amides is 1. The molecule has 4 aromatic rings. The summed E-state index contributed by atoms with van der Waals surface area (Å²) >= 11 is 6.35. The van der Waals surface area contributed by atoms with Gasteiger partial charge in [-0.2, -0.15) is 0 Å². The third-order valence-electron chi connectivity index (χ3n) is 6.24. The first-order valence-electron chi connectivity index (χ1n) is 11.4. The van der Waals surface area contributed by atoms with Gasteiger partial charge in [-0.05, 0) is 31.2 Å². The van der Waals surface area contributed by atoms with E-state index < -0.39 is 0 Å². The number of hydrogen-bond donors (Lipinski definition) is 0. The van der Waals surface area contributed by atoms with E-state index in [2.05, 4.69) is 4.90 Å². The molecule has 2 aromatic heterocycles. The zero-order valence-corrected chi connectivity index (χ0v) is 20.0. The number of furan rings is 1. The van der Waals surface area contributed by atoms with E-state index in [9.17, 15) is 9.18 Å². The molecule has 8 heteroatoms. The predicted octanol–water partition coefficient (Wildman–Crippen LogP) is 5.39. The minimum absolute atomic E-state index is 0.128. The van der Waals surface area contributed by atoms with Gasteiger partial charge in [-0.1, -0.05) is 48.0 Å². The summed E-state index contributed by atoms with van der Waals surface area (Å²) in [5.74, 6) is 1.19. The molecule has 1 aliphatic rings. The number of benzene rings is 2. The van der Waals surface area contributed by atoms with Gasteiger partial charge in [0.25, 0.3) is 5.91 Å². The van der Waals surface area contributed by atoms with Gasteiger partial charge in [0, 0.05) is 60.0 Å². The van der Waals surface area contributed by atoms with Gasteiger partial charge in [-0.3, -0.25) is 4.79 Å². The molecule has 3 heterocycles. The van der Waals surface area contributed by atoms with E-state index >= 15 is 0 Å². The highest BCUT2D eigenvalue weighted by Gasteiger charge is 2.27. The van der Waals surface area contributed by atoms with Crippen LogP contribution >= 0.6 is 11.6 Å². The first kappa shape index (κ1) is 23.1. The fourth-order valence-electron chi connectivity index (χ4n) is 4.32. The van der Waals surface area contributed by atoms with Crippen LogP contribution in [0.5, 0.6) is 0 Å². The number of carbonyl (C=O) groups is 1. The molecule has 5 rings (SSSR count). The highest BCUT2D eigenvalue weighted by Crippen LogP contribution is 2.31. The third-order valence-corrected chi connectivity index (χ3v) is 6.59. The van der Waals surface area contributed by atoms with Crippen LogP contribution in [0.2, 0.25) is 5.02 Å². The number of carbonyl (C=O) groups excluding carboxylic acids is 1. The molecule has 35 heavy (non-hydrogen) atoms. The van der Waals surface area contributed by atoms with Crippen molar-refractivity contribution in [2.75, 3.05) is 31.1 Å². The van der Waals surface area contributed by atoms with E-state index in [4.69, 9.17) is 26.0 Å². The first-order chi connectivity index (χ1) is 17.0. The molecule has 1 saturated heterocycles. The molecule has 178 valence electrons. The molecule has 0 saturated carbocycles. The summed E-state index contributed by atoms with van der Waals surface area (Å²) in [7, 11) is 0. The number of aromatic nitrogens is 2. The molecule has 0 unspecified atom stereocenters. The van der Waals surface area contributed by atoms with Gasteiger partial charge in [0.1, 0.15) is 11.6 Å². The second kappa shape index (κ2) is 9.88. The Kier molecular flexibility index (Phi) is 6.51. The standard InChI is InChI=1S/C27H24ClFN4O2/c1-18-20(17-21-22(28)9-5-10-23(21)29)26(31-25(30-18)19-7-3-2-4-8-19)32-12-14-33(15-13-32)27(34)24-11-6-16-35-24/h2-11,16H,12-15,17H2,1H3. The zero-order chi connectivity index (χ0) is 24.4. The van der Waals surface area contributed by atoms with Crippen LogP contribution in [0, 0.1) is 12.7 Å². The van der Waals surface area contributed by atoms with Crippen LogP contribution in [-0.4, -0.2) is 47.0 Å². The lowest BCUT2D eigenvalue weighted by Crippen LogP contribution is -2.49. The minimum atomic E-state index is -0.358. The van der Waals surface area contributed by atoms with E-state index in [-0.39, 0.29) is 18.1 Å². The molecule has 1 fully saturated rings. The number of nitrogens with zero attached hydrogens (tertiary/aromatic N) is 4. The number of anilines is 1. The van der Waals surface area contributed by atoms with E-state index in [1.165, 1.54) is 12.3 Å². The van der Waals surface area contributed by atoms with Gasteiger partial charge in [0.15, 0.2) is 11.6 Å². The molecule has 1 amide bonds. The van der Waals surface area contributed by atoms with Gasteiger partial charge in [0.2, 0.25) is 0 Å². The number of halogens is 2. The summed E-state index contributed by atoms with van der Waals surface area (Å²) in [6.07, 6.45) is 1.77. The number of rotatable bonds is 5. The third kappa shape index (κ3) is 4.77. The summed E-state index contributed by atoms with van der Waals surface area (Å²) in [4.78, 5) is 26.3. The van der Waals surface area contributed by atoms with Crippen molar-refractivity contribution in [3.63, 3.8) is 0 Å². The van der Waals surface area contributed by atoms with Gasteiger partial charge >= 0.3 is 0 Å². The highest BCUT2D eigenvalue weighted by atomic mass is 35.5. The smallest absolute Gasteiger partial charge is 0.289 e. The molecule has 0 aliphatic carbocycles. The molecule has 2 aromatic carbocycles. The maximum Gasteiger partial charge on any atom is 0.289 e. The second-order valence-electron chi connectivity index (χ2n) is 8.43. The normalized spacial score (nSPS) is 13.8. The van der Waals surface area contributed by atoms with E-state index in [0.717, 1.165) is 22.6 Å². The Balaban J connectivity index is 1.49. The maximum absolute atomic E-state index is 14.7. The minimum Gasteiger partial charge on any atom is -0.459 e. The van der Waals surface area contributed by atoms with Crippen molar-refractivity contribution in [2.24, 2.45) is 0 Å². The average Bonchev–Trinajstić information content (AvgIpc) is 3.42. The summed E-state index contributed by atoms with van der Waals surface area (Å²) in [6, 6.07) is 17.8. The molecule has 0 N–H and O–H groups in total. The summed E-state index contributed by atoms with van der Waals surface area (Å²) in [5, 5.41) is 0.372. The summed E-state index contributed by atoms with van der Waals surface area (Å²) in [6.45, 7) is 4.11. The summed E-state index contributed by atoms with van der Waals surface area (Å²) in [5.41, 5.74) is 2.91. The quantitative estimate of drug-likeness (QED) is 0.375. The van der Waals surface area contributed by atoms with E-state index in [1.807, 2.05) is 37.3 Å². The van der Waals surface area contributed by atoms with Gasteiger partial charge in [-0.25, -0.2) is 14.4 Å². The molecule has 0 spiro atoms. The molecule has 1 aliphatic heterocycles. The van der Waals surface area contributed by atoms with Gasteiger partial charge in [0.05, 0.1) is 6.26 Å². The SMILES string of the molecule is Cc1nc(-c2ccccc2)nc(N2CCN(C(=O)c3ccco3)CC2)c1Cc1c(F)cccc1Cl. The van der Waals surface area contributed by atoms with Crippen LogP contribution in [0.15, 0.2) is 71.3 Å². The molecule has 6 nitrogen and oxygen atoms in total. The van der Waals surface area contributed by atoms with Crippen molar-refractivity contribution < 1.29 is 13.6 Å². The topological polar surface area (TPSA) is 62.5 Å². The van der Waals surface area contributed by atoms with Crippen LogP contribution in [-0.2, 0) is 6.42 Å². The monoisotopic (exact) mass is 490 g/mol. The van der Waals surface area contributed by atoms with Crippen molar-refractivity contribution in [1.29, 1.82) is 0 Å². The van der Waals surface area contributed by atoms with Crippen LogP contribution in [0.4, 0.5) is 10.2 Å². The maximum atomic E-state index is 14.7. The highest BCUT2D eigenvalue weighted by molar-refractivity contribution is 6.31. The zero-order valence-electron chi connectivity index (χ0n) is 19.2. The van der Waals surface area contributed by atoms with Crippen molar-refractivity contribution in [2.45, 2.75) is 13.3 Å². The summed E-state index contributed by atoms with van der Waals surface area (Å²) < 4.78 is 19.9. The lowest BCUT2D eigenvalue weighted by atomic mass is 10.0. The van der Waals surface area contributed by atoms with Crippen LogP contribution in [0.1, 0.15) is 27.4 Å². The predicted molar refractivity (Wildman–Crippen MR) is 133 cm³/mol. The Labute approximate surface area is 208 Å². The van der Waals surface area contributed by atoms with E-state index in [0.29, 0.717) is 48.3 Å². The molecule has 0 radical (unpaired) electrons. The fourth-order valence-corrected chi connectivity index (χ4v) is 4.55. The number of aryl methyl sites for hydroxylation is 1. The fraction of sp³-hybridized carbons (Fsp3) is 0.222. The van der Waals surface area contributed by atoms with Gasteiger partial charge < -0.3 is 14.2 Å². The van der Waals surface area contributed by atoms with E-state index in [1.54, 1.807) is 29.2 Å². The second-order valence-corrected chi connectivity index (χ2v) is 8.84. The molecular weight excluding hydrogens is 467 g/mol. The van der Waals surface area contributed by atoms with Crippen molar-refractivity contribution in [3.8, 4) is 11.4 Å². The number of hydrogen-bond acceptors (Lipinski definition) is 5. The Morgan fingerprint density at radius 1 is 0.971 bits per heavy atom. The Morgan fingerprint density at radius 2 is 1.74 bits per heavy atom. The van der Waals surface area contributed by atoms with Crippen LogP contribution < -0.4 is 4.90 Å². The van der Waals surface area contributed by atoms with Crippen LogP contribution in [0.25, 0.3) is 11.4 Å². The first-order valence-corrected chi connectivity index (χ1v) is 11.8. The number of piperazine rings is 1. The largest absolute Gasteiger partial charge is 0.459 e.